The minimum absolute atomic E-state index is 0. The summed E-state index contributed by atoms with van der Waals surface area (Å²) >= 11 is 1.64. The van der Waals surface area contributed by atoms with E-state index in [0.717, 1.165) is 21.7 Å². The van der Waals surface area contributed by atoms with Crippen LogP contribution < -0.4 is 5.32 Å². The first kappa shape index (κ1) is 16.4. The molecule has 2 aromatic heterocycles. The van der Waals surface area contributed by atoms with Crippen LogP contribution in [0.2, 0.25) is 0 Å². The quantitative estimate of drug-likeness (QED) is 0.503. The number of rotatable bonds is 3. The molecule has 0 saturated heterocycles. The van der Waals surface area contributed by atoms with E-state index in [4.69, 9.17) is 0 Å². The van der Waals surface area contributed by atoms with E-state index in [9.17, 15) is 0 Å². The number of nitrogens with zero attached hydrogens (tertiary/aromatic N) is 2. The first-order valence-corrected chi connectivity index (χ1v) is 8.30. The lowest BCUT2D eigenvalue weighted by Crippen LogP contribution is -1.95. The van der Waals surface area contributed by atoms with Crippen LogP contribution >= 0.6 is 23.7 Å². The second-order valence-electron chi connectivity index (χ2n) is 5.41. The number of aromatic nitrogens is 2. The first-order valence-electron chi connectivity index (χ1n) is 7.42. The third kappa shape index (κ3) is 3.11. The molecule has 0 saturated carbocycles. The van der Waals surface area contributed by atoms with Crippen molar-refractivity contribution < 1.29 is 0 Å². The maximum atomic E-state index is 4.47. The normalized spacial score (nSPS) is 10.4. The van der Waals surface area contributed by atoms with Crippen LogP contribution in [0.3, 0.4) is 0 Å². The molecule has 0 aliphatic rings. The molecule has 0 spiro atoms. The summed E-state index contributed by atoms with van der Waals surface area (Å²) in [6.45, 7) is 2.08. The van der Waals surface area contributed by atoms with Gasteiger partial charge in [0.2, 0.25) is 0 Å². The van der Waals surface area contributed by atoms with Gasteiger partial charge in [-0.3, -0.25) is 0 Å². The molecular formula is C19H16ClN3S. The lowest BCUT2D eigenvalue weighted by molar-refractivity contribution is 1.23. The summed E-state index contributed by atoms with van der Waals surface area (Å²) in [7, 11) is 0. The zero-order chi connectivity index (χ0) is 15.6. The van der Waals surface area contributed by atoms with Crippen molar-refractivity contribution in [1.29, 1.82) is 0 Å². The Labute approximate surface area is 150 Å². The van der Waals surface area contributed by atoms with Crippen LogP contribution in [0.5, 0.6) is 0 Å². The number of hydrogen-bond acceptors (Lipinski definition) is 4. The van der Waals surface area contributed by atoms with E-state index in [0.29, 0.717) is 0 Å². The van der Waals surface area contributed by atoms with E-state index in [1.54, 1.807) is 17.7 Å². The fourth-order valence-corrected chi connectivity index (χ4v) is 3.49. The summed E-state index contributed by atoms with van der Waals surface area (Å²) in [5.41, 5.74) is 4.62. The lowest BCUT2D eigenvalue weighted by atomic mass is 10.1. The molecular weight excluding hydrogens is 338 g/mol. The standard InChI is InChI=1S/C19H15N3S.ClH/c1-13-7-9-15(10-8-13)22-18-17-16(14-5-3-2-4-6-14)11-23-19(17)21-12-20-18;/h2-12H,1H3,(H,20,21,22);1H. The highest BCUT2D eigenvalue weighted by Crippen LogP contribution is 2.37. The van der Waals surface area contributed by atoms with Gasteiger partial charge in [-0.2, -0.15) is 0 Å². The van der Waals surface area contributed by atoms with Crippen LogP contribution in [0.15, 0.2) is 66.3 Å². The fraction of sp³-hybridized carbons (Fsp3) is 0.0526. The highest BCUT2D eigenvalue weighted by molar-refractivity contribution is 7.17. The van der Waals surface area contributed by atoms with Crippen LogP contribution in [0, 0.1) is 6.92 Å². The third-order valence-corrected chi connectivity index (χ3v) is 4.66. The lowest BCUT2D eigenvalue weighted by Gasteiger charge is -2.08. The summed E-state index contributed by atoms with van der Waals surface area (Å²) in [5, 5.41) is 6.65. The second-order valence-corrected chi connectivity index (χ2v) is 6.27. The van der Waals surface area contributed by atoms with Gasteiger partial charge in [-0.1, -0.05) is 48.0 Å². The molecule has 24 heavy (non-hydrogen) atoms. The minimum Gasteiger partial charge on any atom is -0.340 e. The number of thiophene rings is 1. The Bertz CT molecular complexity index is 949. The van der Waals surface area contributed by atoms with Crippen molar-refractivity contribution in [3.05, 3.63) is 71.9 Å². The molecule has 0 radical (unpaired) electrons. The average Bonchev–Trinajstić information content (AvgIpc) is 3.03. The molecule has 0 fully saturated rings. The summed E-state index contributed by atoms with van der Waals surface area (Å²) in [5.74, 6) is 0.846. The molecule has 0 bridgehead atoms. The monoisotopic (exact) mass is 353 g/mol. The van der Waals surface area contributed by atoms with Gasteiger partial charge in [0.25, 0.3) is 0 Å². The molecule has 120 valence electrons. The van der Waals surface area contributed by atoms with E-state index in [2.05, 4.69) is 76.1 Å². The number of halogens is 1. The molecule has 0 atom stereocenters. The summed E-state index contributed by atoms with van der Waals surface area (Å²) < 4.78 is 0. The van der Waals surface area contributed by atoms with Crippen molar-refractivity contribution in [2.45, 2.75) is 6.92 Å². The van der Waals surface area contributed by atoms with Crippen LogP contribution in [-0.4, -0.2) is 9.97 Å². The Morgan fingerprint density at radius 1 is 0.917 bits per heavy atom. The molecule has 5 heteroatoms. The summed E-state index contributed by atoms with van der Waals surface area (Å²) in [6.07, 6.45) is 1.62. The number of anilines is 2. The molecule has 0 aliphatic carbocycles. The molecule has 0 aliphatic heterocycles. The van der Waals surface area contributed by atoms with Crippen molar-refractivity contribution in [1.82, 2.24) is 9.97 Å². The largest absolute Gasteiger partial charge is 0.340 e. The van der Waals surface area contributed by atoms with Gasteiger partial charge >= 0.3 is 0 Å². The van der Waals surface area contributed by atoms with Gasteiger partial charge in [0.15, 0.2) is 0 Å². The Hall–Kier alpha value is -2.43. The van der Waals surface area contributed by atoms with Crippen LogP contribution in [0.25, 0.3) is 21.3 Å². The van der Waals surface area contributed by atoms with E-state index < -0.39 is 0 Å². The van der Waals surface area contributed by atoms with Crippen LogP contribution in [0.1, 0.15) is 5.56 Å². The van der Waals surface area contributed by atoms with E-state index in [-0.39, 0.29) is 12.4 Å². The molecule has 4 aromatic rings. The van der Waals surface area contributed by atoms with Crippen molar-refractivity contribution >= 4 is 45.5 Å². The number of hydrogen-bond donors (Lipinski definition) is 1. The molecule has 2 aromatic carbocycles. The van der Waals surface area contributed by atoms with E-state index >= 15 is 0 Å². The van der Waals surface area contributed by atoms with E-state index in [1.807, 2.05) is 6.07 Å². The van der Waals surface area contributed by atoms with Crippen LogP contribution in [-0.2, 0) is 0 Å². The molecule has 0 amide bonds. The minimum atomic E-state index is 0. The van der Waals surface area contributed by atoms with Gasteiger partial charge in [0.1, 0.15) is 17.0 Å². The molecule has 0 unspecified atom stereocenters. The second kappa shape index (κ2) is 6.99. The van der Waals surface area contributed by atoms with Crippen molar-refractivity contribution in [2.24, 2.45) is 0 Å². The smallest absolute Gasteiger partial charge is 0.143 e. The zero-order valence-corrected chi connectivity index (χ0v) is 14.7. The summed E-state index contributed by atoms with van der Waals surface area (Å²) in [6, 6.07) is 18.7. The van der Waals surface area contributed by atoms with E-state index in [1.165, 1.54) is 16.7 Å². The molecule has 2 heterocycles. The maximum Gasteiger partial charge on any atom is 0.143 e. The Kier molecular flexibility index (Phi) is 4.79. The van der Waals surface area contributed by atoms with Crippen LogP contribution in [0.4, 0.5) is 11.5 Å². The molecule has 3 nitrogen and oxygen atoms in total. The molecule has 4 rings (SSSR count). The first-order chi connectivity index (χ1) is 11.3. The van der Waals surface area contributed by atoms with Gasteiger partial charge in [0, 0.05) is 16.6 Å². The zero-order valence-electron chi connectivity index (χ0n) is 13.1. The highest BCUT2D eigenvalue weighted by Gasteiger charge is 2.13. The van der Waals surface area contributed by atoms with Gasteiger partial charge in [-0.05, 0) is 24.6 Å². The topological polar surface area (TPSA) is 37.8 Å². The number of aryl methyl sites for hydroxylation is 1. The van der Waals surface area contributed by atoms with Gasteiger partial charge in [-0.15, -0.1) is 23.7 Å². The Balaban J connectivity index is 0.00000169. The van der Waals surface area contributed by atoms with Gasteiger partial charge < -0.3 is 5.32 Å². The number of benzene rings is 2. The maximum absolute atomic E-state index is 4.47. The van der Waals surface area contributed by atoms with Crippen molar-refractivity contribution in [3.63, 3.8) is 0 Å². The van der Waals surface area contributed by atoms with Crippen molar-refractivity contribution in [2.75, 3.05) is 5.32 Å². The SMILES string of the molecule is Cc1ccc(Nc2ncnc3scc(-c4ccccc4)c23)cc1.Cl. The predicted octanol–water partition coefficient (Wildman–Crippen LogP) is 5.83. The highest BCUT2D eigenvalue weighted by atomic mass is 35.5. The van der Waals surface area contributed by atoms with Gasteiger partial charge in [-0.25, -0.2) is 9.97 Å². The summed E-state index contributed by atoms with van der Waals surface area (Å²) in [4.78, 5) is 9.87. The average molecular weight is 354 g/mol. The van der Waals surface area contributed by atoms with Gasteiger partial charge in [0.05, 0.1) is 5.39 Å². The fourth-order valence-electron chi connectivity index (χ4n) is 2.57. The number of nitrogens with one attached hydrogen (secondary N) is 1. The molecule has 1 N–H and O–H groups in total. The van der Waals surface area contributed by atoms with Crippen molar-refractivity contribution in [3.8, 4) is 11.1 Å². The third-order valence-electron chi connectivity index (χ3n) is 3.77. The number of fused-ring (bicyclic) bond motifs is 1. The predicted molar refractivity (Wildman–Crippen MR) is 105 cm³/mol. The Morgan fingerprint density at radius 3 is 2.42 bits per heavy atom. The Morgan fingerprint density at radius 2 is 1.67 bits per heavy atom.